The van der Waals surface area contributed by atoms with E-state index in [1.807, 2.05) is 13.0 Å². The predicted molar refractivity (Wildman–Crippen MR) is 65.2 cm³/mol. The minimum Gasteiger partial charge on any atom is -0.392 e. The lowest BCUT2D eigenvalue weighted by atomic mass is 10.3. The Morgan fingerprint density at radius 2 is 2.12 bits per heavy atom. The molecule has 0 saturated heterocycles. The van der Waals surface area contributed by atoms with E-state index in [-0.39, 0.29) is 6.54 Å². The van der Waals surface area contributed by atoms with Gasteiger partial charge >= 0.3 is 0 Å². The molecule has 0 spiro atoms. The number of aliphatic hydroxyl groups is 1. The van der Waals surface area contributed by atoms with Crippen molar-refractivity contribution in [3.8, 4) is 0 Å². The fraction of sp³-hybridized carbons (Fsp3) is 0.600. The molecule has 0 radical (unpaired) electrons. The molecule has 1 unspecified atom stereocenters. The molecule has 6 heteroatoms. The lowest BCUT2D eigenvalue weighted by Crippen LogP contribution is -2.31. The summed E-state index contributed by atoms with van der Waals surface area (Å²) in [4.78, 5) is 1.04. The first-order valence-electron chi connectivity index (χ1n) is 5.26. The van der Waals surface area contributed by atoms with Crippen molar-refractivity contribution in [2.24, 2.45) is 0 Å². The van der Waals surface area contributed by atoms with Gasteiger partial charge in [0.2, 0.25) is 10.0 Å². The van der Waals surface area contributed by atoms with Gasteiger partial charge in [0.05, 0.1) is 6.10 Å². The Hall–Kier alpha value is -0.430. The number of rotatable bonds is 6. The van der Waals surface area contributed by atoms with Gasteiger partial charge < -0.3 is 5.11 Å². The molecule has 0 aliphatic rings. The summed E-state index contributed by atoms with van der Waals surface area (Å²) in [7, 11) is -3.45. The van der Waals surface area contributed by atoms with E-state index >= 15 is 0 Å². The molecule has 0 aliphatic heterocycles. The normalized spacial score (nSPS) is 13.9. The Morgan fingerprint density at radius 3 is 2.62 bits per heavy atom. The van der Waals surface area contributed by atoms with Crippen molar-refractivity contribution < 1.29 is 13.5 Å². The molecule has 1 rings (SSSR count). The van der Waals surface area contributed by atoms with Crippen LogP contribution in [0.25, 0.3) is 0 Å². The lowest BCUT2D eigenvalue weighted by molar-refractivity contribution is 0.174. The zero-order chi connectivity index (χ0) is 12.2. The molecule has 16 heavy (non-hydrogen) atoms. The third-order valence-electron chi connectivity index (χ3n) is 2.23. The highest BCUT2D eigenvalue weighted by Crippen LogP contribution is 2.21. The number of sulfonamides is 1. The van der Waals surface area contributed by atoms with E-state index in [1.54, 1.807) is 13.0 Å². The summed E-state index contributed by atoms with van der Waals surface area (Å²) in [5.74, 6) is 0. The molecule has 4 nitrogen and oxygen atoms in total. The average molecular weight is 263 g/mol. The highest BCUT2D eigenvalue weighted by Gasteiger charge is 2.17. The fourth-order valence-electron chi connectivity index (χ4n) is 1.11. The van der Waals surface area contributed by atoms with Gasteiger partial charge in [-0.15, -0.1) is 11.3 Å². The monoisotopic (exact) mass is 263 g/mol. The van der Waals surface area contributed by atoms with Crippen LogP contribution in [-0.4, -0.2) is 26.2 Å². The van der Waals surface area contributed by atoms with Crippen molar-refractivity contribution in [3.63, 3.8) is 0 Å². The second-order valence-electron chi connectivity index (χ2n) is 3.49. The van der Waals surface area contributed by atoms with Crippen LogP contribution in [0.3, 0.4) is 0 Å². The highest BCUT2D eigenvalue weighted by molar-refractivity contribution is 7.91. The SMILES string of the molecule is CCc1ccc(S(=O)(=O)NCC(O)CC)s1. The molecule has 1 heterocycles. The number of hydrogen-bond acceptors (Lipinski definition) is 4. The number of nitrogens with one attached hydrogen (secondary N) is 1. The molecular formula is C10H17NO3S2. The highest BCUT2D eigenvalue weighted by atomic mass is 32.2. The number of thiophene rings is 1. The van der Waals surface area contributed by atoms with Crippen molar-refractivity contribution in [3.05, 3.63) is 17.0 Å². The van der Waals surface area contributed by atoms with E-state index in [0.29, 0.717) is 10.6 Å². The van der Waals surface area contributed by atoms with Crippen molar-refractivity contribution in [1.82, 2.24) is 4.72 Å². The fourth-order valence-corrected chi connectivity index (χ4v) is 3.53. The van der Waals surface area contributed by atoms with Crippen LogP contribution in [0.1, 0.15) is 25.1 Å². The third kappa shape index (κ3) is 3.55. The Labute approximate surface area is 100 Å². The number of aliphatic hydroxyl groups excluding tert-OH is 1. The van der Waals surface area contributed by atoms with E-state index in [9.17, 15) is 13.5 Å². The topological polar surface area (TPSA) is 66.4 Å². The molecule has 1 aromatic rings. The summed E-state index contributed by atoms with van der Waals surface area (Å²) in [5.41, 5.74) is 0. The number of hydrogen-bond donors (Lipinski definition) is 2. The summed E-state index contributed by atoms with van der Waals surface area (Å²) in [6.07, 6.45) is 0.741. The van der Waals surface area contributed by atoms with Crippen LogP contribution in [0.15, 0.2) is 16.3 Å². The van der Waals surface area contributed by atoms with Gasteiger partial charge in [0.15, 0.2) is 0 Å². The van der Waals surface area contributed by atoms with Crippen LogP contribution >= 0.6 is 11.3 Å². The largest absolute Gasteiger partial charge is 0.392 e. The Morgan fingerprint density at radius 1 is 1.44 bits per heavy atom. The zero-order valence-electron chi connectivity index (χ0n) is 9.43. The van der Waals surface area contributed by atoms with Crippen LogP contribution in [0.2, 0.25) is 0 Å². The van der Waals surface area contributed by atoms with Crippen molar-refractivity contribution in [2.75, 3.05) is 6.54 Å². The maximum absolute atomic E-state index is 11.8. The van der Waals surface area contributed by atoms with Crippen LogP contribution < -0.4 is 4.72 Å². The maximum Gasteiger partial charge on any atom is 0.250 e. The average Bonchev–Trinajstić information content (AvgIpc) is 2.75. The summed E-state index contributed by atoms with van der Waals surface area (Å²) in [6, 6.07) is 3.42. The first-order chi connectivity index (χ1) is 7.49. The lowest BCUT2D eigenvalue weighted by Gasteiger charge is -2.08. The summed E-state index contributed by atoms with van der Waals surface area (Å²) in [5, 5.41) is 9.30. The minimum absolute atomic E-state index is 0.0677. The molecule has 0 amide bonds. The smallest absolute Gasteiger partial charge is 0.250 e. The summed E-state index contributed by atoms with van der Waals surface area (Å²) >= 11 is 1.27. The Balaban J connectivity index is 2.70. The van der Waals surface area contributed by atoms with Crippen molar-refractivity contribution in [2.45, 2.75) is 37.0 Å². The molecule has 0 saturated carbocycles. The second-order valence-corrected chi connectivity index (χ2v) is 6.65. The molecule has 92 valence electrons. The second kappa shape index (κ2) is 5.77. The van der Waals surface area contributed by atoms with E-state index in [1.165, 1.54) is 11.3 Å². The molecule has 2 N–H and O–H groups in total. The van der Waals surface area contributed by atoms with Gasteiger partial charge in [-0.1, -0.05) is 13.8 Å². The Kier molecular flexibility index (Phi) is 4.91. The van der Waals surface area contributed by atoms with Gasteiger partial charge in [0, 0.05) is 11.4 Å². The van der Waals surface area contributed by atoms with Crippen LogP contribution in [-0.2, 0) is 16.4 Å². The first-order valence-corrected chi connectivity index (χ1v) is 7.56. The molecular weight excluding hydrogens is 246 g/mol. The van der Waals surface area contributed by atoms with E-state index in [0.717, 1.165) is 11.3 Å². The molecule has 0 bridgehead atoms. The number of aryl methyl sites for hydroxylation is 1. The van der Waals surface area contributed by atoms with Gasteiger partial charge in [-0.3, -0.25) is 0 Å². The third-order valence-corrected chi connectivity index (χ3v) is 5.38. The standard InChI is InChI=1S/C10H17NO3S2/c1-3-8(12)7-11-16(13,14)10-6-5-9(4-2)15-10/h5-6,8,11-12H,3-4,7H2,1-2H3. The van der Waals surface area contributed by atoms with Crippen LogP contribution in [0.4, 0.5) is 0 Å². The van der Waals surface area contributed by atoms with Crippen molar-refractivity contribution >= 4 is 21.4 Å². The minimum atomic E-state index is -3.45. The summed E-state index contributed by atoms with van der Waals surface area (Å²) in [6.45, 7) is 3.86. The van der Waals surface area contributed by atoms with Crippen molar-refractivity contribution in [1.29, 1.82) is 0 Å². The van der Waals surface area contributed by atoms with Crippen LogP contribution in [0, 0.1) is 0 Å². The first kappa shape index (κ1) is 13.6. The van der Waals surface area contributed by atoms with Gasteiger partial charge in [-0.2, -0.15) is 0 Å². The van der Waals surface area contributed by atoms with E-state index in [2.05, 4.69) is 4.72 Å². The molecule has 0 aliphatic carbocycles. The summed E-state index contributed by atoms with van der Waals surface area (Å²) < 4.78 is 26.2. The molecule has 1 aromatic heterocycles. The molecule has 1 atom stereocenters. The Bertz CT molecular complexity index is 425. The molecule has 0 aromatic carbocycles. The van der Waals surface area contributed by atoms with E-state index < -0.39 is 16.1 Å². The quantitative estimate of drug-likeness (QED) is 0.814. The van der Waals surface area contributed by atoms with E-state index in [4.69, 9.17) is 0 Å². The maximum atomic E-state index is 11.8. The predicted octanol–water partition coefficient (Wildman–Crippen LogP) is 1.36. The van der Waals surface area contributed by atoms with Crippen LogP contribution in [0.5, 0.6) is 0 Å². The van der Waals surface area contributed by atoms with Gasteiger partial charge in [0.25, 0.3) is 0 Å². The van der Waals surface area contributed by atoms with Gasteiger partial charge in [-0.05, 0) is 25.0 Å². The van der Waals surface area contributed by atoms with Gasteiger partial charge in [0.1, 0.15) is 4.21 Å². The molecule has 0 fully saturated rings. The zero-order valence-corrected chi connectivity index (χ0v) is 11.1. The van der Waals surface area contributed by atoms with Gasteiger partial charge in [-0.25, -0.2) is 13.1 Å².